The molecule has 3 N–H and O–H groups in total. The molecule has 0 radical (unpaired) electrons. The molecule has 392 valence electrons. The Labute approximate surface area is 447 Å². The molecule has 1 unspecified atom stereocenters. The summed E-state index contributed by atoms with van der Waals surface area (Å²) < 4.78 is 38.2. The molecular weight excluding hydrogens is 1030 g/mol. The number of aryl methyl sites for hydroxylation is 1. The first kappa shape index (κ1) is 51.0. The number of imide groups is 1. The number of hydrogen-bond acceptors (Lipinski definition) is 13. The molecule has 0 bridgehead atoms. The molecule has 5 aliphatic heterocycles. The molecule has 5 aliphatic rings. The first-order valence-electron chi connectivity index (χ1n) is 26.3. The lowest BCUT2D eigenvalue weighted by Crippen LogP contribution is -2.51. The minimum Gasteiger partial charge on any atom is -0.494 e. The number of halogens is 2. The zero-order valence-corrected chi connectivity index (χ0v) is 45.7. The quantitative estimate of drug-likeness (QED) is 0.0744. The first-order chi connectivity index (χ1) is 36.2. The molecule has 4 aromatic carbocycles. The third-order valence-corrected chi connectivity index (χ3v) is 18.4. The molecule has 18 heteroatoms. The Kier molecular flexibility index (Phi) is 14.4. The molecule has 0 saturated carbocycles. The van der Waals surface area contributed by atoms with E-state index in [2.05, 4.69) is 73.7 Å². The topological polar surface area (TPSA) is 153 Å². The first-order valence-corrected chi connectivity index (χ1v) is 29.7. The number of carbonyl (C=O) groups excluding carboxylic acids is 2. The summed E-state index contributed by atoms with van der Waals surface area (Å²) in [6, 6.07) is 23.7. The van der Waals surface area contributed by atoms with Crippen LogP contribution in [0.5, 0.6) is 5.75 Å². The van der Waals surface area contributed by atoms with Gasteiger partial charge < -0.3 is 34.6 Å². The molecule has 4 saturated heterocycles. The highest BCUT2D eigenvalue weighted by atomic mass is 79.9. The average Bonchev–Trinajstić information content (AvgIpc) is 4.04. The number of carbonyl (C=O) groups is 2. The number of amides is 2. The molecule has 15 nitrogen and oxygen atoms in total. The van der Waals surface area contributed by atoms with Crippen LogP contribution in [0.1, 0.15) is 62.5 Å². The summed E-state index contributed by atoms with van der Waals surface area (Å²) in [5, 5.41) is 14.7. The van der Waals surface area contributed by atoms with Crippen LogP contribution in [0.4, 0.5) is 38.9 Å². The van der Waals surface area contributed by atoms with Gasteiger partial charge in [0.25, 0.3) is 0 Å². The maximum Gasteiger partial charge on any atom is 0.243 e. The smallest absolute Gasteiger partial charge is 0.243 e. The SMILES string of the molecule is COc1cc(N2CCC(CN3CCC4(CCCN(c5cc6c(cc5F)CN(C5CCC(=O)NC5=O)C6)C4)CC3)CC2)c(-c2cnn(C)c2)cc1Nc1ncc(Br)c(Nc2ccc(-c3ccccc3)cc2P(C)(C)=O)n1. The van der Waals surface area contributed by atoms with Gasteiger partial charge in [0.05, 0.1) is 40.9 Å². The zero-order valence-electron chi connectivity index (χ0n) is 43.2. The number of methoxy groups -OCH3 is 1. The predicted octanol–water partition coefficient (Wildman–Crippen LogP) is 9.91. The van der Waals surface area contributed by atoms with E-state index in [-0.39, 0.29) is 29.1 Å². The standard InChI is InChI=1S/C57H66BrFN11O4P/c1-66-33-42(30-61-66)43-28-47(63-56-60-31-44(58)54(65-56)62-46-12-11-39(27-52(46)75(3,4)73)38-9-6-5-7-10-38)51(74-2)29-49(43)68-21-15-37(16-22-68)32-67-23-18-57(19-24-67)17-8-20-69(36-57)50-26-41-35-70(34-40(41)25-45(50)59)48-13-14-53(71)64-55(48)72/h5-7,9-12,25-31,33,37,48H,8,13-24,32,34-36H2,1-4H3,(H,64,71,72)(H2,60,62,63,65). The average molecular weight is 1100 g/mol. The lowest BCUT2D eigenvalue weighted by molar-refractivity contribution is -0.137. The molecule has 6 aromatic rings. The zero-order chi connectivity index (χ0) is 52.0. The lowest BCUT2D eigenvalue weighted by Gasteiger charge is -2.49. The van der Waals surface area contributed by atoms with Crippen LogP contribution in [0.2, 0.25) is 0 Å². The minimum atomic E-state index is -2.71. The largest absolute Gasteiger partial charge is 0.494 e. The maximum absolute atomic E-state index is 15.9. The van der Waals surface area contributed by atoms with Crippen molar-refractivity contribution in [3.8, 4) is 28.0 Å². The van der Waals surface area contributed by atoms with Crippen molar-refractivity contribution < 1.29 is 23.3 Å². The predicted molar refractivity (Wildman–Crippen MR) is 299 cm³/mol. The second-order valence-electron chi connectivity index (χ2n) is 21.8. The molecule has 0 aliphatic carbocycles. The van der Waals surface area contributed by atoms with Gasteiger partial charge in [-0.25, -0.2) is 9.37 Å². The third-order valence-electron chi connectivity index (χ3n) is 16.3. The van der Waals surface area contributed by atoms with Crippen molar-refractivity contribution in [3.63, 3.8) is 0 Å². The molecule has 11 rings (SSSR count). The second kappa shape index (κ2) is 21.1. The van der Waals surface area contributed by atoms with Gasteiger partial charge in [-0.1, -0.05) is 36.4 Å². The number of rotatable bonds is 13. The van der Waals surface area contributed by atoms with E-state index in [1.165, 1.54) is 6.42 Å². The number of fused-ring (bicyclic) bond motifs is 1. The highest BCUT2D eigenvalue weighted by Crippen LogP contribution is 2.46. The monoisotopic (exact) mass is 1100 g/mol. The van der Waals surface area contributed by atoms with E-state index in [9.17, 15) is 14.2 Å². The summed E-state index contributed by atoms with van der Waals surface area (Å²) >= 11 is 3.65. The van der Waals surface area contributed by atoms with E-state index in [0.717, 1.165) is 122 Å². The fourth-order valence-electron chi connectivity index (χ4n) is 12.2. The molecule has 7 heterocycles. The van der Waals surface area contributed by atoms with Gasteiger partial charge in [0, 0.05) is 99.9 Å². The number of nitrogens with one attached hydrogen (secondary N) is 3. The van der Waals surface area contributed by atoms with E-state index in [1.54, 1.807) is 32.7 Å². The summed E-state index contributed by atoms with van der Waals surface area (Å²) in [5.74, 6) is 1.49. The lowest BCUT2D eigenvalue weighted by atomic mass is 9.72. The highest BCUT2D eigenvalue weighted by Gasteiger charge is 2.41. The third kappa shape index (κ3) is 11.0. The Hall–Kier alpha value is -6.13. The molecule has 1 spiro atoms. The Balaban J connectivity index is 0.733. The molecule has 2 amide bonds. The van der Waals surface area contributed by atoms with Gasteiger partial charge in [-0.2, -0.15) is 10.1 Å². The van der Waals surface area contributed by atoms with Crippen molar-refractivity contribution >= 4 is 74.7 Å². The van der Waals surface area contributed by atoms with Gasteiger partial charge in [0.2, 0.25) is 17.8 Å². The van der Waals surface area contributed by atoms with Gasteiger partial charge in [-0.3, -0.25) is 24.5 Å². The van der Waals surface area contributed by atoms with Crippen LogP contribution in [0, 0.1) is 17.2 Å². The van der Waals surface area contributed by atoms with Crippen molar-refractivity contribution in [2.75, 3.05) is 86.7 Å². The van der Waals surface area contributed by atoms with Crippen molar-refractivity contribution in [2.45, 2.75) is 70.5 Å². The van der Waals surface area contributed by atoms with Crippen LogP contribution < -0.4 is 35.8 Å². The van der Waals surface area contributed by atoms with Gasteiger partial charge in [0.1, 0.15) is 24.5 Å². The molecule has 4 fully saturated rings. The van der Waals surface area contributed by atoms with Crippen LogP contribution >= 0.6 is 23.1 Å². The van der Waals surface area contributed by atoms with Crippen LogP contribution in [0.3, 0.4) is 0 Å². The number of piperidine rings is 4. The molecule has 75 heavy (non-hydrogen) atoms. The van der Waals surface area contributed by atoms with Crippen LogP contribution in [0.15, 0.2) is 95.9 Å². The summed E-state index contributed by atoms with van der Waals surface area (Å²) in [5.41, 5.74) is 9.46. The van der Waals surface area contributed by atoms with Gasteiger partial charge >= 0.3 is 0 Å². The number of likely N-dealkylation sites (tertiary alicyclic amines) is 1. The molecule has 2 aromatic heterocycles. The van der Waals surface area contributed by atoms with E-state index in [4.69, 9.17) is 9.72 Å². The number of benzene rings is 4. The Morgan fingerprint density at radius 1 is 0.840 bits per heavy atom. The summed E-state index contributed by atoms with van der Waals surface area (Å²) in [6.45, 7) is 11.4. The maximum atomic E-state index is 15.9. The summed E-state index contributed by atoms with van der Waals surface area (Å²) in [7, 11) is 0.905. The van der Waals surface area contributed by atoms with Crippen LogP contribution in [0.25, 0.3) is 22.3 Å². The van der Waals surface area contributed by atoms with E-state index >= 15 is 4.39 Å². The van der Waals surface area contributed by atoms with Gasteiger partial charge in [-0.15, -0.1) is 0 Å². The van der Waals surface area contributed by atoms with E-state index in [1.807, 2.05) is 78.7 Å². The van der Waals surface area contributed by atoms with Crippen molar-refractivity contribution in [3.05, 3.63) is 113 Å². The summed E-state index contributed by atoms with van der Waals surface area (Å²) in [4.78, 5) is 43.5. The minimum absolute atomic E-state index is 0.171. The number of anilines is 6. The fraction of sp³-hybridized carbons (Fsp3) is 0.421. The number of aromatic nitrogens is 4. The van der Waals surface area contributed by atoms with Crippen molar-refractivity contribution in [1.29, 1.82) is 0 Å². The Bertz CT molecular complexity index is 3170. The number of nitrogens with zero attached hydrogens (tertiary/aromatic N) is 8. The van der Waals surface area contributed by atoms with Gasteiger partial charge in [0.15, 0.2) is 0 Å². The molecule has 1 atom stereocenters. The number of hydrogen-bond donors (Lipinski definition) is 3. The van der Waals surface area contributed by atoms with Crippen molar-refractivity contribution in [1.82, 2.24) is 34.9 Å². The van der Waals surface area contributed by atoms with E-state index in [0.29, 0.717) is 70.9 Å². The second-order valence-corrected chi connectivity index (χ2v) is 25.8. The van der Waals surface area contributed by atoms with Crippen LogP contribution in [-0.2, 0) is 34.3 Å². The summed E-state index contributed by atoms with van der Waals surface area (Å²) in [6.07, 6.45) is 13.1. The van der Waals surface area contributed by atoms with Crippen molar-refractivity contribution in [2.24, 2.45) is 18.4 Å². The van der Waals surface area contributed by atoms with E-state index < -0.39 is 7.14 Å². The Morgan fingerprint density at radius 3 is 2.33 bits per heavy atom. The van der Waals surface area contributed by atoms with Crippen LogP contribution in [-0.4, -0.2) is 114 Å². The normalized spacial score (nSPS) is 19.6. The molecular formula is C57H66BrFN11O4P. The number of ether oxygens (including phenoxy) is 1. The highest BCUT2D eigenvalue weighted by molar-refractivity contribution is 9.10. The Morgan fingerprint density at radius 2 is 1.61 bits per heavy atom. The fourth-order valence-corrected chi connectivity index (χ4v) is 13.7. The van der Waals surface area contributed by atoms with Gasteiger partial charge in [-0.05, 0) is 151 Å².